The number of allylic oxidation sites excluding steroid dienone is 1. The minimum absolute atomic E-state index is 0.0645. The van der Waals surface area contributed by atoms with Crippen LogP contribution < -0.4 is 4.74 Å². The number of benzene rings is 4. The number of halogens is 1. The van der Waals surface area contributed by atoms with Gasteiger partial charge in [-0.1, -0.05) is 70.5 Å². The molecule has 4 rings (SSSR count). The molecule has 0 radical (unpaired) electrons. The first-order chi connectivity index (χ1) is 15.5. The standard InChI is InChI=1S/C26H17BrN2O3/c27-23-11-12-26(32-17-20-8-3-6-18-5-1-2-10-25(18)20)21(14-23)13-22(16-28)19-7-4-9-24(15-19)29(30)31/h1-15H,17H2/b22-13-. The van der Waals surface area contributed by atoms with E-state index in [1.807, 2.05) is 42.5 Å². The molecule has 0 aliphatic heterocycles. The van der Waals surface area contributed by atoms with Gasteiger partial charge in [0.05, 0.1) is 16.6 Å². The molecule has 156 valence electrons. The summed E-state index contributed by atoms with van der Waals surface area (Å²) in [4.78, 5) is 10.6. The Morgan fingerprint density at radius 3 is 2.62 bits per heavy atom. The minimum atomic E-state index is -0.476. The molecule has 0 N–H and O–H groups in total. The predicted octanol–water partition coefficient (Wildman–Crippen LogP) is 7.15. The van der Waals surface area contributed by atoms with Gasteiger partial charge in [-0.3, -0.25) is 10.1 Å². The van der Waals surface area contributed by atoms with E-state index in [-0.39, 0.29) is 5.69 Å². The van der Waals surface area contributed by atoms with E-state index in [0.717, 1.165) is 20.8 Å². The third kappa shape index (κ3) is 4.69. The largest absolute Gasteiger partial charge is 0.488 e. The van der Waals surface area contributed by atoms with Gasteiger partial charge in [-0.2, -0.15) is 5.26 Å². The van der Waals surface area contributed by atoms with Crippen molar-refractivity contribution in [3.8, 4) is 11.8 Å². The van der Waals surface area contributed by atoms with Crippen molar-refractivity contribution < 1.29 is 9.66 Å². The maximum absolute atomic E-state index is 11.1. The van der Waals surface area contributed by atoms with Crippen LogP contribution in [0.5, 0.6) is 5.75 Å². The summed E-state index contributed by atoms with van der Waals surface area (Å²) in [5.74, 6) is 0.610. The molecule has 0 saturated carbocycles. The number of hydrogen-bond donors (Lipinski definition) is 0. The zero-order valence-corrected chi connectivity index (χ0v) is 18.5. The molecule has 5 nitrogen and oxygen atoms in total. The van der Waals surface area contributed by atoms with Crippen LogP contribution in [0.3, 0.4) is 0 Å². The first kappa shape index (κ1) is 21.3. The topological polar surface area (TPSA) is 76.2 Å². The van der Waals surface area contributed by atoms with Crippen molar-refractivity contribution in [2.75, 3.05) is 0 Å². The highest BCUT2D eigenvalue weighted by atomic mass is 79.9. The molecular formula is C26H17BrN2O3. The van der Waals surface area contributed by atoms with Crippen LogP contribution in [0, 0.1) is 21.4 Å². The summed E-state index contributed by atoms with van der Waals surface area (Å²) in [6, 6.07) is 28.0. The zero-order valence-electron chi connectivity index (χ0n) is 16.9. The fraction of sp³-hybridized carbons (Fsp3) is 0.0385. The van der Waals surface area contributed by atoms with Crippen LogP contribution in [0.15, 0.2) is 89.4 Å². The number of nitro groups is 1. The van der Waals surface area contributed by atoms with E-state index in [1.165, 1.54) is 12.1 Å². The monoisotopic (exact) mass is 484 g/mol. The van der Waals surface area contributed by atoms with E-state index in [0.29, 0.717) is 29.1 Å². The molecule has 32 heavy (non-hydrogen) atoms. The molecule has 6 heteroatoms. The number of ether oxygens (including phenoxy) is 1. The summed E-state index contributed by atoms with van der Waals surface area (Å²) >= 11 is 3.47. The van der Waals surface area contributed by atoms with Gasteiger partial charge in [0.1, 0.15) is 12.4 Å². The van der Waals surface area contributed by atoms with Gasteiger partial charge in [-0.15, -0.1) is 0 Å². The third-order valence-corrected chi connectivity index (χ3v) is 5.52. The highest BCUT2D eigenvalue weighted by Gasteiger charge is 2.11. The molecule has 0 aromatic heterocycles. The first-order valence-corrected chi connectivity index (χ1v) is 10.6. The van der Waals surface area contributed by atoms with Gasteiger partial charge in [0.2, 0.25) is 0 Å². The fourth-order valence-corrected chi connectivity index (χ4v) is 3.84. The lowest BCUT2D eigenvalue weighted by Gasteiger charge is -2.12. The Morgan fingerprint density at radius 2 is 1.81 bits per heavy atom. The third-order valence-electron chi connectivity index (χ3n) is 5.02. The quantitative estimate of drug-likeness (QED) is 0.126. The Hall–Kier alpha value is -3.95. The number of nitrogens with zero attached hydrogens (tertiary/aromatic N) is 2. The van der Waals surface area contributed by atoms with Gasteiger partial charge in [-0.05, 0) is 46.2 Å². The Kier molecular flexibility index (Phi) is 6.29. The smallest absolute Gasteiger partial charge is 0.270 e. The van der Waals surface area contributed by atoms with Gasteiger partial charge >= 0.3 is 0 Å². The summed E-state index contributed by atoms with van der Waals surface area (Å²) in [6.07, 6.45) is 1.68. The van der Waals surface area contributed by atoms with Gasteiger partial charge in [-0.25, -0.2) is 0 Å². The second-order valence-corrected chi connectivity index (χ2v) is 8.00. The van der Waals surface area contributed by atoms with Gasteiger partial charge in [0, 0.05) is 22.2 Å². The summed E-state index contributed by atoms with van der Waals surface area (Å²) in [5, 5.41) is 23.1. The lowest BCUT2D eigenvalue weighted by Crippen LogP contribution is -1.98. The Bertz CT molecular complexity index is 1380. The number of nitriles is 1. The van der Waals surface area contributed by atoms with Gasteiger partial charge in [0.15, 0.2) is 0 Å². The molecule has 0 amide bonds. The molecule has 4 aromatic carbocycles. The average molecular weight is 485 g/mol. The van der Waals surface area contributed by atoms with Crippen LogP contribution in [0.2, 0.25) is 0 Å². The van der Waals surface area contributed by atoms with E-state index in [2.05, 4.69) is 40.2 Å². The first-order valence-electron chi connectivity index (χ1n) is 9.81. The Balaban J connectivity index is 1.68. The SMILES string of the molecule is N#C/C(=C/c1cc(Br)ccc1OCc1cccc2ccccc12)c1cccc([N+](=O)[O-])c1. The highest BCUT2D eigenvalue weighted by Crippen LogP contribution is 2.30. The van der Waals surface area contributed by atoms with E-state index in [4.69, 9.17) is 4.74 Å². The highest BCUT2D eigenvalue weighted by molar-refractivity contribution is 9.10. The van der Waals surface area contributed by atoms with Crippen LogP contribution >= 0.6 is 15.9 Å². The minimum Gasteiger partial charge on any atom is -0.488 e. The van der Waals surface area contributed by atoms with Crippen LogP contribution in [0.25, 0.3) is 22.4 Å². The van der Waals surface area contributed by atoms with E-state index in [9.17, 15) is 15.4 Å². The van der Waals surface area contributed by atoms with Gasteiger partial charge < -0.3 is 4.74 Å². The van der Waals surface area contributed by atoms with E-state index >= 15 is 0 Å². The average Bonchev–Trinajstić information content (AvgIpc) is 2.82. The molecule has 0 saturated heterocycles. The lowest BCUT2D eigenvalue weighted by molar-refractivity contribution is -0.384. The van der Waals surface area contributed by atoms with E-state index in [1.54, 1.807) is 18.2 Å². The maximum Gasteiger partial charge on any atom is 0.270 e. The number of hydrogen-bond acceptors (Lipinski definition) is 4. The van der Waals surface area contributed by atoms with Gasteiger partial charge in [0.25, 0.3) is 5.69 Å². The molecule has 0 fully saturated rings. The van der Waals surface area contributed by atoms with Crippen molar-refractivity contribution >= 4 is 44.0 Å². The number of rotatable bonds is 6. The van der Waals surface area contributed by atoms with Crippen LogP contribution in [-0.4, -0.2) is 4.92 Å². The summed E-state index contributed by atoms with van der Waals surface area (Å²) in [6.45, 7) is 0.364. The van der Waals surface area contributed by atoms with Crippen molar-refractivity contribution in [2.45, 2.75) is 6.61 Å². The molecule has 0 heterocycles. The van der Waals surface area contributed by atoms with Crippen molar-refractivity contribution in [3.05, 3.63) is 116 Å². The zero-order chi connectivity index (χ0) is 22.5. The van der Waals surface area contributed by atoms with Crippen molar-refractivity contribution in [3.63, 3.8) is 0 Å². The number of fused-ring (bicyclic) bond motifs is 1. The molecule has 0 spiro atoms. The molecule has 0 bridgehead atoms. The lowest BCUT2D eigenvalue weighted by atomic mass is 10.0. The maximum atomic E-state index is 11.1. The molecule has 4 aromatic rings. The Morgan fingerprint density at radius 1 is 1.03 bits per heavy atom. The summed E-state index contributed by atoms with van der Waals surface area (Å²) < 4.78 is 6.98. The predicted molar refractivity (Wildman–Crippen MR) is 129 cm³/mol. The fourth-order valence-electron chi connectivity index (χ4n) is 3.46. The van der Waals surface area contributed by atoms with Crippen LogP contribution in [0.4, 0.5) is 5.69 Å². The number of nitro benzene ring substituents is 1. The molecular weight excluding hydrogens is 468 g/mol. The van der Waals surface area contributed by atoms with Crippen LogP contribution in [0.1, 0.15) is 16.7 Å². The van der Waals surface area contributed by atoms with Crippen molar-refractivity contribution in [1.82, 2.24) is 0 Å². The molecule has 0 aliphatic rings. The van der Waals surface area contributed by atoms with Crippen molar-refractivity contribution in [2.24, 2.45) is 0 Å². The molecule has 0 unspecified atom stereocenters. The molecule has 0 atom stereocenters. The normalized spacial score (nSPS) is 11.2. The van der Waals surface area contributed by atoms with Crippen LogP contribution in [-0.2, 0) is 6.61 Å². The number of non-ortho nitro benzene ring substituents is 1. The molecule has 0 aliphatic carbocycles. The Labute approximate surface area is 193 Å². The summed E-state index contributed by atoms with van der Waals surface area (Å²) in [7, 11) is 0. The second kappa shape index (κ2) is 9.46. The van der Waals surface area contributed by atoms with Crippen molar-refractivity contribution in [1.29, 1.82) is 5.26 Å². The summed E-state index contributed by atoms with van der Waals surface area (Å²) in [5.41, 5.74) is 2.47. The van der Waals surface area contributed by atoms with E-state index < -0.39 is 4.92 Å². The second-order valence-electron chi connectivity index (χ2n) is 7.09.